The second-order valence-corrected chi connectivity index (χ2v) is 6.49. The molecule has 1 aliphatic heterocycles. The monoisotopic (exact) mass is 404 g/mol. The summed E-state index contributed by atoms with van der Waals surface area (Å²) in [5.41, 5.74) is -0.492. The van der Waals surface area contributed by atoms with Crippen molar-refractivity contribution >= 4 is 11.9 Å². The fourth-order valence-corrected chi connectivity index (χ4v) is 3.01. The van der Waals surface area contributed by atoms with E-state index in [0.717, 1.165) is 0 Å². The van der Waals surface area contributed by atoms with Gasteiger partial charge in [0.15, 0.2) is 23.0 Å². The highest BCUT2D eigenvalue weighted by Crippen LogP contribution is 2.32. The lowest BCUT2D eigenvalue weighted by atomic mass is 10.2. The van der Waals surface area contributed by atoms with E-state index in [9.17, 15) is 19.8 Å². The molecule has 1 heterocycles. The van der Waals surface area contributed by atoms with Crippen LogP contribution in [0.5, 0.6) is 23.0 Å². The Bertz CT molecular complexity index is 835. The number of phenols is 2. The third-order valence-corrected chi connectivity index (χ3v) is 4.50. The molecule has 9 heteroatoms. The Morgan fingerprint density at radius 2 is 1.24 bits per heavy atom. The summed E-state index contributed by atoms with van der Waals surface area (Å²) in [4.78, 5) is 22.1. The van der Waals surface area contributed by atoms with Gasteiger partial charge in [-0.2, -0.15) is 0 Å². The lowest BCUT2D eigenvalue weighted by Gasteiger charge is -2.16. The average Bonchev–Trinajstić information content (AvgIpc) is 3.13. The number of carbonyl (C=O) groups is 2. The van der Waals surface area contributed by atoms with Gasteiger partial charge in [0.25, 0.3) is 0 Å². The van der Waals surface area contributed by atoms with Crippen LogP contribution in [0.25, 0.3) is 0 Å². The molecule has 0 bridgehead atoms. The van der Waals surface area contributed by atoms with Crippen LogP contribution in [0.2, 0.25) is 0 Å². The Morgan fingerprint density at radius 1 is 0.828 bits per heavy atom. The maximum absolute atomic E-state index is 11.0. The maximum atomic E-state index is 11.0. The van der Waals surface area contributed by atoms with E-state index in [0.29, 0.717) is 12.8 Å². The largest absolute Gasteiger partial charge is 0.504 e. The summed E-state index contributed by atoms with van der Waals surface area (Å²) >= 11 is 0. The fourth-order valence-electron chi connectivity index (χ4n) is 3.01. The molecule has 2 aromatic rings. The van der Waals surface area contributed by atoms with Gasteiger partial charge in [0.1, 0.15) is 24.3 Å². The molecule has 0 unspecified atom stereocenters. The summed E-state index contributed by atoms with van der Waals surface area (Å²) in [6.07, 6.45) is 0.759. The van der Waals surface area contributed by atoms with Crippen molar-refractivity contribution in [1.29, 1.82) is 0 Å². The van der Waals surface area contributed by atoms with Crippen molar-refractivity contribution in [3.05, 3.63) is 47.5 Å². The van der Waals surface area contributed by atoms with Crippen molar-refractivity contribution < 1.29 is 44.2 Å². The van der Waals surface area contributed by atoms with Crippen LogP contribution in [-0.4, -0.2) is 57.8 Å². The zero-order chi connectivity index (χ0) is 21.0. The lowest BCUT2D eigenvalue weighted by Crippen LogP contribution is -2.22. The van der Waals surface area contributed by atoms with E-state index < -0.39 is 23.4 Å². The topological polar surface area (TPSA) is 143 Å². The number of ether oxygens (including phenoxy) is 3. The molecule has 0 saturated carbocycles. The van der Waals surface area contributed by atoms with Crippen LogP contribution in [0.1, 0.15) is 33.6 Å². The van der Waals surface area contributed by atoms with Crippen molar-refractivity contribution in [2.45, 2.75) is 25.0 Å². The van der Waals surface area contributed by atoms with E-state index in [-0.39, 0.29) is 48.0 Å². The minimum absolute atomic E-state index is 0.0589. The van der Waals surface area contributed by atoms with Crippen molar-refractivity contribution in [3.8, 4) is 23.0 Å². The second kappa shape index (κ2) is 8.70. The molecule has 1 saturated heterocycles. The number of para-hydroxylation sites is 2. The third-order valence-electron chi connectivity index (χ3n) is 4.50. The van der Waals surface area contributed by atoms with E-state index >= 15 is 0 Å². The number of hydrogen-bond donors (Lipinski definition) is 4. The highest BCUT2D eigenvalue weighted by atomic mass is 16.6. The highest BCUT2D eigenvalue weighted by Gasteiger charge is 2.27. The molecule has 2 atom stereocenters. The Kier molecular flexibility index (Phi) is 6.08. The molecule has 154 valence electrons. The normalized spacial score (nSPS) is 18.3. The van der Waals surface area contributed by atoms with Gasteiger partial charge >= 0.3 is 11.9 Å². The van der Waals surface area contributed by atoms with E-state index in [1.807, 2.05) is 0 Å². The predicted molar refractivity (Wildman–Crippen MR) is 99.0 cm³/mol. The summed E-state index contributed by atoms with van der Waals surface area (Å²) in [6.45, 7) is 0.236. The second-order valence-electron chi connectivity index (χ2n) is 6.49. The standard InChI is InChI=1S/C20H20O9/c21-17-13(19(23)24)3-1-5-15(17)27-9-11-7-8-12(29-11)10-28-16-6-2-4-14(18(16)22)20(25)26/h1-6,11-12,21-22H,7-10H2,(H,23,24)(H,25,26)/t11-,12+. The fraction of sp³-hybridized carbons (Fsp3) is 0.300. The van der Waals surface area contributed by atoms with Gasteiger partial charge in [-0.05, 0) is 37.1 Å². The smallest absolute Gasteiger partial charge is 0.339 e. The molecule has 3 rings (SSSR count). The molecule has 4 N–H and O–H groups in total. The number of carboxylic acids is 2. The van der Waals surface area contributed by atoms with Crippen molar-refractivity contribution in [2.24, 2.45) is 0 Å². The van der Waals surface area contributed by atoms with Gasteiger partial charge in [-0.1, -0.05) is 12.1 Å². The Labute approximate surface area is 165 Å². The van der Waals surface area contributed by atoms with E-state index in [1.54, 1.807) is 0 Å². The summed E-state index contributed by atoms with van der Waals surface area (Å²) < 4.78 is 16.8. The van der Waals surface area contributed by atoms with E-state index in [1.165, 1.54) is 36.4 Å². The first-order valence-electron chi connectivity index (χ1n) is 8.88. The lowest BCUT2D eigenvalue weighted by molar-refractivity contribution is -0.00300. The van der Waals surface area contributed by atoms with E-state index in [2.05, 4.69) is 0 Å². The van der Waals surface area contributed by atoms with Crippen LogP contribution in [0, 0.1) is 0 Å². The molecule has 9 nitrogen and oxygen atoms in total. The number of carboxylic acid groups (broad SMARTS) is 2. The third kappa shape index (κ3) is 4.69. The van der Waals surface area contributed by atoms with Gasteiger partial charge in [0.2, 0.25) is 0 Å². The van der Waals surface area contributed by atoms with Crippen LogP contribution in [0.4, 0.5) is 0 Å². The summed E-state index contributed by atoms with van der Waals surface area (Å²) in [6, 6.07) is 8.44. The highest BCUT2D eigenvalue weighted by molar-refractivity contribution is 5.92. The van der Waals surface area contributed by atoms with Crippen LogP contribution >= 0.6 is 0 Å². The van der Waals surface area contributed by atoms with E-state index in [4.69, 9.17) is 24.4 Å². The molecular weight excluding hydrogens is 384 g/mol. The van der Waals surface area contributed by atoms with Gasteiger partial charge in [-0.15, -0.1) is 0 Å². The number of hydrogen-bond acceptors (Lipinski definition) is 7. The molecule has 0 aliphatic carbocycles. The molecule has 0 amide bonds. The molecular formula is C20H20O9. The predicted octanol–water partition coefficient (Wildman–Crippen LogP) is 2.50. The summed E-state index contributed by atoms with van der Waals surface area (Å²) in [5, 5.41) is 37.9. The quantitative estimate of drug-likeness (QED) is 0.522. The van der Waals surface area contributed by atoms with Crippen LogP contribution in [0.3, 0.4) is 0 Å². The van der Waals surface area contributed by atoms with Crippen LogP contribution in [0.15, 0.2) is 36.4 Å². The molecule has 1 aliphatic rings. The van der Waals surface area contributed by atoms with Crippen molar-refractivity contribution in [1.82, 2.24) is 0 Å². The Hall–Kier alpha value is -3.46. The van der Waals surface area contributed by atoms with Crippen LogP contribution in [-0.2, 0) is 4.74 Å². The summed E-state index contributed by atoms with van der Waals surface area (Å²) in [7, 11) is 0. The summed E-state index contributed by atoms with van der Waals surface area (Å²) in [5.74, 6) is -3.26. The minimum atomic E-state index is -1.25. The zero-order valence-corrected chi connectivity index (χ0v) is 15.3. The first-order chi connectivity index (χ1) is 13.9. The Balaban J connectivity index is 1.51. The number of benzene rings is 2. The van der Waals surface area contributed by atoms with Gasteiger partial charge in [-0.25, -0.2) is 9.59 Å². The van der Waals surface area contributed by atoms with Crippen LogP contribution < -0.4 is 9.47 Å². The van der Waals surface area contributed by atoms with Gasteiger partial charge < -0.3 is 34.6 Å². The van der Waals surface area contributed by atoms with Crippen molar-refractivity contribution in [3.63, 3.8) is 0 Å². The molecule has 0 spiro atoms. The van der Waals surface area contributed by atoms with Gasteiger partial charge in [0, 0.05) is 0 Å². The van der Waals surface area contributed by atoms with Gasteiger partial charge in [-0.3, -0.25) is 0 Å². The molecule has 2 aromatic carbocycles. The first-order valence-corrected chi connectivity index (χ1v) is 8.88. The van der Waals surface area contributed by atoms with Crippen molar-refractivity contribution in [2.75, 3.05) is 13.2 Å². The molecule has 1 fully saturated rings. The zero-order valence-electron chi connectivity index (χ0n) is 15.3. The minimum Gasteiger partial charge on any atom is -0.504 e. The van der Waals surface area contributed by atoms with Gasteiger partial charge in [0.05, 0.1) is 12.2 Å². The average molecular weight is 404 g/mol. The molecule has 29 heavy (non-hydrogen) atoms. The number of rotatable bonds is 8. The maximum Gasteiger partial charge on any atom is 0.339 e. The Morgan fingerprint density at radius 3 is 1.62 bits per heavy atom. The number of aromatic carboxylic acids is 2. The first kappa shape index (κ1) is 20.3. The molecule has 0 aromatic heterocycles. The molecule has 0 radical (unpaired) electrons. The SMILES string of the molecule is O=C(O)c1cccc(OC[C@H]2CC[C@@H](COc3cccc(C(=O)O)c3O)O2)c1O. The number of aromatic hydroxyl groups is 2.